The zero-order valence-corrected chi connectivity index (χ0v) is 21.9. The van der Waals surface area contributed by atoms with E-state index >= 15 is 0 Å². The Morgan fingerprint density at radius 2 is 1.84 bits per heavy atom. The second-order valence-corrected chi connectivity index (χ2v) is 10.5. The minimum atomic E-state index is -0.110. The summed E-state index contributed by atoms with van der Waals surface area (Å²) in [5.41, 5.74) is 8.92. The van der Waals surface area contributed by atoms with Gasteiger partial charge in [0.2, 0.25) is 17.4 Å². The van der Waals surface area contributed by atoms with Crippen molar-refractivity contribution in [2.75, 3.05) is 20.2 Å². The van der Waals surface area contributed by atoms with Gasteiger partial charge in [0.05, 0.1) is 7.11 Å². The maximum Gasteiger partial charge on any atom is 0.292 e. The molecule has 0 atom stereocenters. The van der Waals surface area contributed by atoms with Crippen LogP contribution < -0.4 is 10.5 Å². The Bertz CT molecular complexity index is 1460. The number of nitrogens with two attached hydrogens (primary N) is 1. The third kappa shape index (κ3) is 4.25. The van der Waals surface area contributed by atoms with Crippen LogP contribution in [0.2, 0.25) is 5.02 Å². The quantitative estimate of drug-likeness (QED) is 0.387. The first-order valence-electron chi connectivity index (χ1n) is 12.8. The molecule has 0 saturated heterocycles. The molecule has 2 aliphatic rings. The SMILES string of the molecule is COc1ccc(-c2cc(-c3nnc4n3CCN(C3CCC(CN)(c5cccc(Cl)c5)CC3)C4=O)on2)cc1. The Labute approximate surface area is 225 Å². The molecule has 196 valence electrons. The van der Waals surface area contributed by atoms with Gasteiger partial charge in [0, 0.05) is 47.7 Å². The first-order valence-corrected chi connectivity index (χ1v) is 13.2. The number of ether oxygens (including phenoxy) is 1. The molecule has 6 rings (SSSR count). The number of hydrogen-bond acceptors (Lipinski definition) is 7. The van der Waals surface area contributed by atoms with Crippen molar-refractivity contribution in [2.24, 2.45) is 5.73 Å². The van der Waals surface area contributed by atoms with E-state index in [1.165, 1.54) is 5.56 Å². The van der Waals surface area contributed by atoms with E-state index in [1.54, 1.807) is 7.11 Å². The molecule has 1 aliphatic heterocycles. The normalized spacial score (nSPS) is 21.4. The second kappa shape index (κ2) is 9.89. The Balaban J connectivity index is 1.18. The van der Waals surface area contributed by atoms with Crippen molar-refractivity contribution in [3.05, 3.63) is 71.0 Å². The van der Waals surface area contributed by atoms with Gasteiger partial charge in [0.15, 0.2) is 0 Å². The van der Waals surface area contributed by atoms with Crippen LogP contribution in [0.5, 0.6) is 5.75 Å². The summed E-state index contributed by atoms with van der Waals surface area (Å²) >= 11 is 6.27. The van der Waals surface area contributed by atoms with E-state index < -0.39 is 0 Å². The van der Waals surface area contributed by atoms with Gasteiger partial charge in [-0.25, -0.2) is 0 Å². The van der Waals surface area contributed by atoms with Crippen LogP contribution in [0, 0.1) is 0 Å². The van der Waals surface area contributed by atoms with E-state index in [1.807, 2.05) is 58.0 Å². The Hall–Kier alpha value is -3.69. The number of benzene rings is 2. The van der Waals surface area contributed by atoms with Crippen molar-refractivity contribution in [1.29, 1.82) is 0 Å². The van der Waals surface area contributed by atoms with Crippen LogP contribution in [0.4, 0.5) is 0 Å². The first-order chi connectivity index (χ1) is 18.5. The van der Waals surface area contributed by atoms with Crippen molar-refractivity contribution in [3.8, 4) is 28.6 Å². The molecule has 1 fully saturated rings. The van der Waals surface area contributed by atoms with Crippen LogP contribution in [0.1, 0.15) is 41.9 Å². The number of rotatable bonds is 6. The smallest absolute Gasteiger partial charge is 0.292 e. The average molecular weight is 533 g/mol. The van der Waals surface area contributed by atoms with Crippen molar-refractivity contribution < 1.29 is 14.1 Å². The summed E-state index contributed by atoms with van der Waals surface area (Å²) in [7, 11) is 1.63. The second-order valence-electron chi connectivity index (χ2n) is 10.0. The maximum atomic E-state index is 13.5. The van der Waals surface area contributed by atoms with E-state index in [9.17, 15) is 4.79 Å². The van der Waals surface area contributed by atoms with Gasteiger partial charge in [-0.2, -0.15) is 0 Å². The average Bonchev–Trinajstić information content (AvgIpc) is 3.61. The van der Waals surface area contributed by atoms with E-state index in [2.05, 4.69) is 21.4 Å². The molecule has 0 radical (unpaired) electrons. The van der Waals surface area contributed by atoms with Crippen LogP contribution in [-0.4, -0.2) is 57.0 Å². The first kappa shape index (κ1) is 24.6. The molecular formula is C28H29ClN6O3. The van der Waals surface area contributed by atoms with Gasteiger partial charge in [-0.1, -0.05) is 28.9 Å². The van der Waals surface area contributed by atoms with Crippen LogP contribution in [-0.2, 0) is 12.0 Å². The molecule has 2 aromatic heterocycles. The van der Waals surface area contributed by atoms with Gasteiger partial charge in [0.25, 0.3) is 5.91 Å². The molecule has 9 nitrogen and oxygen atoms in total. The molecule has 0 spiro atoms. The van der Waals surface area contributed by atoms with Crippen molar-refractivity contribution in [1.82, 2.24) is 24.8 Å². The highest BCUT2D eigenvalue weighted by Crippen LogP contribution is 2.41. The van der Waals surface area contributed by atoms with Gasteiger partial charge in [-0.05, 0) is 67.6 Å². The molecule has 2 N–H and O–H groups in total. The van der Waals surface area contributed by atoms with Gasteiger partial charge in [-0.3, -0.25) is 9.36 Å². The largest absolute Gasteiger partial charge is 0.497 e. The summed E-state index contributed by atoms with van der Waals surface area (Å²) < 4.78 is 12.7. The lowest BCUT2D eigenvalue weighted by Crippen LogP contribution is -2.50. The minimum Gasteiger partial charge on any atom is -0.497 e. The van der Waals surface area contributed by atoms with E-state index in [-0.39, 0.29) is 17.4 Å². The predicted molar refractivity (Wildman–Crippen MR) is 143 cm³/mol. The zero-order valence-electron chi connectivity index (χ0n) is 21.1. The number of amides is 1. The van der Waals surface area contributed by atoms with Gasteiger partial charge < -0.3 is 19.9 Å². The number of nitrogens with zero attached hydrogens (tertiary/aromatic N) is 5. The number of halogens is 1. The Morgan fingerprint density at radius 1 is 1.08 bits per heavy atom. The van der Waals surface area contributed by atoms with Crippen LogP contribution in [0.15, 0.2) is 59.1 Å². The molecule has 0 bridgehead atoms. The number of carbonyl (C=O) groups is 1. The summed E-state index contributed by atoms with van der Waals surface area (Å²) in [4.78, 5) is 15.4. The standard InChI is InChI=1S/C28H29ClN6O3/c1-37-22-7-5-18(6-8-22)23-16-24(38-33-23)25-31-32-26-27(36)34(13-14-35(25)26)21-9-11-28(17-30,12-10-21)19-3-2-4-20(29)15-19/h2-8,15-16,21H,9-14,17,30H2,1H3. The van der Waals surface area contributed by atoms with Gasteiger partial charge >= 0.3 is 0 Å². The van der Waals surface area contributed by atoms with Gasteiger partial charge in [-0.15, -0.1) is 10.2 Å². The number of aromatic nitrogens is 4. The van der Waals surface area contributed by atoms with Crippen LogP contribution >= 0.6 is 11.6 Å². The van der Waals surface area contributed by atoms with Crippen molar-refractivity contribution in [2.45, 2.75) is 43.7 Å². The number of carbonyl (C=O) groups excluding carboxylic acids is 1. The molecule has 0 unspecified atom stereocenters. The minimum absolute atomic E-state index is 0.0992. The number of methoxy groups -OCH3 is 1. The zero-order chi connectivity index (χ0) is 26.3. The summed E-state index contributed by atoms with van der Waals surface area (Å²) in [6.45, 7) is 1.74. The molecule has 2 aromatic carbocycles. The summed E-state index contributed by atoms with van der Waals surface area (Å²) in [5, 5.41) is 13.5. The lowest BCUT2D eigenvalue weighted by atomic mass is 9.68. The fourth-order valence-corrected chi connectivity index (χ4v) is 6.01. The molecule has 3 heterocycles. The molecule has 38 heavy (non-hydrogen) atoms. The monoisotopic (exact) mass is 532 g/mol. The molecular weight excluding hydrogens is 504 g/mol. The van der Waals surface area contributed by atoms with Gasteiger partial charge in [0.1, 0.15) is 11.4 Å². The topological polar surface area (TPSA) is 112 Å². The molecule has 10 heteroatoms. The van der Waals surface area contributed by atoms with Crippen molar-refractivity contribution in [3.63, 3.8) is 0 Å². The Morgan fingerprint density at radius 3 is 2.55 bits per heavy atom. The van der Waals surface area contributed by atoms with E-state index in [4.69, 9.17) is 26.6 Å². The van der Waals surface area contributed by atoms with E-state index in [0.29, 0.717) is 42.7 Å². The lowest BCUT2D eigenvalue weighted by molar-refractivity contribution is 0.0523. The third-order valence-electron chi connectivity index (χ3n) is 8.06. The van der Waals surface area contributed by atoms with Crippen molar-refractivity contribution >= 4 is 17.5 Å². The third-order valence-corrected chi connectivity index (χ3v) is 8.30. The highest BCUT2D eigenvalue weighted by Gasteiger charge is 2.41. The molecule has 1 aliphatic carbocycles. The number of fused-ring (bicyclic) bond motifs is 1. The summed E-state index contributed by atoms with van der Waals surface area (Å²) in [6, 6.07) is 17.5. The molecule has 4 aromatic rings. The molecule has 1 saturated carbocycles. The number of hydrogen-bond donors (Lipinski definition) is 1. The summed E-state index contributed by atoms with van der Waals surface area (Å²) in [5.74, 6) is 1.98. The predicted octanol–water partition coefficient (Wildman–Crippen LogP) is 4.56. The maximum absolute atomic E-state index is 13.5. The summed E-state index contributed by atoms with van der Waals surface area (Å²) in [6.07, 6.45) is 3.57. The molecule has 1 amide bonds. The fourth-order valence-electron chi connectivity index (χ4n) is 5.82. The van der Waals surface area contributed by atoms with Crippen LogP contribution in [0.25, 0.3) is 22.8 Å². The highest BCUT2D eigenvalue weighted by atomic mass is 35.5. The highest BCUT2D eigenvalue weighted by molar-refractivity contribution is 6.30. The van der Waals surface area contributed by atoms with Crippen LogP contribution in [0.3, 0.4) is 0 Å². The van der Waals surface area contributed by atoms with E-state index in [0.717, 1.165) is 42.0 Å². The fraction of sp³-hybridized carbons (Fsp3) is 0.357. The lowest BCUT2D eigenvalue weighted by Gasteiger charge is -2.44. The Kier molecular flexibility index (Phi) is 6.41.